The number of nitrogens with two attached hydrogens (primary N) is 1. The molecule has 2 rings (SSSR count). The fourth-order valence-corrected chi connectivity index (χ4v) is 3.52. The van der Waals surface area contributed by atoms with Gasteiger partial charge in [0.1, 0.15) is 0 Å². The number of hydrogen-bond acceptors (Lipinski definition) is 3. The second kappa shape index (κ2) is 6.02. The summed E-state index contributed by atoms with van der Waals surface area (Å²) < 4.78 is 0. The number of carbonyl (C=O) groups excluding carboxylic acids is 1. The fourth-order valence-electron chi connectivity index (χ4n) is 3.52. The van der Waals surface area contributed by atoms with E-state index in [1.807, 2.05) is 4.90 Å². The van der Waals surface area contributed by atoms with Crippen LogP contribution in [-0.4, -0.2) is 54.5 Å². The highest BCUT2D eigenvalue weighted by atomic mass is 16.2. The Balaban J connectivity index is 1.92. The highest BCUT2D eigenvalue weighted by molar-refractivity contribution is 5.81. The molecule has 3 atom stereocenters. The van der Waals surface area contributed by atoms with Crippen LogP contribution in [0.1, 0.15) is 39.0 Å². The van der Waals surface area contributed by atoms with Crippen molar-refractivity contribution in [2.45, 2.75) is 51.1 Å². The molecule has 4 nitrogen and oxygen atoms in total. The van der Waals surface area contributed by atoms with Crippen LogP contribution in [0.4, 0.5) is 0 Å². The van der Waals surface area contributed by atoms with E-state index in [-0.39, 0.29) is 11.9 Å². The summed E-state index contributed by atoms with van der Waals surface area (Å²) in [5.41, 5.74) is 5.95. The molecule has 2 saturated heterocycles. The van der Waals surface area contributed by atoms with Crippen LogP contribution in [0.3, 0.4) is 0 Å². The van der Waals surface area contributed by atoms with Crippen LogP contribution >= 0.6 is 0 Å². The lowest BCUT2D eigenvalue weighted by Crippen LogP contribution is -2.56. The minimum atomic E-state index is -0.284. The molecule has 0 radical (unpaired) electrons. The van der Waals surface area contributed by atoms with Crippen molar-refractivity contribution in [3.8, 4) is 0 Å². The van der Waals surface area contributed by atoms with Crippen LogP contribution < -0.4 is 5.73 Å². The first-order chi connectivity index (χ1) is 8.63. The molecular weight excluding hydrogens is 226 g/mol. The van der Waals surface area contributed by atoms with Gasteiger partial charge in [0, 0.05) is 19.1 Å². The molecule has 18 heavy (non-hydrogen) atoms. The van der Waals surface area contributed by atoms with Gasteiger partial charge in [0.2, 0.25) is 5.91 Å². The summed E-state index contributed by atoms with van der Waals surface area (Å²) in [6.07, 6.45) is 5.44. The molecule has 104 valence electrons. The maximum Gasteiger partial charge on any atom is 0.239 e. The molecule has 0 saturated carbocycles. The van der Waals surface area contributed by atoms with Crippen molar-refractivity contribution in [2.75, 3.05) is 26.7 Å². The summed E-state index contributed by atoms with van der Waals surface area (Å²) in [5.74, 6) is 0.832. The molecule has 0 aromatic rings. The van der Waals surface area contributed by atoms with Gasteiger partial charge in [-0.25, -0.2) is 0 Å². The molecule has 0 aliphatic carbocycles. The minimum Gasteiger partial charge on any atom is -0.341 e. The maximum absolute atomic E-state index is 12.2. The lowest BCUT2D eigenvalue weighted by atomic mass is 9.84. The summed E-state index contributed by atoms with van der Waals surface area (Å²) in [6.45, 7) is 5.10. The number of fused-ring (bicyclic) bond motifs is 1. The average Bonchev–Trinajstić information content (AvgIpc) is 2.38. The molecule has 2 aliphatic rings. The summed E-state index contributed by atoms with van der Waals surface area (Å²) >= 11 is 0. The van der Waals surface area contributed by atoms with Crippen LogP contribution in [0.25, 0.3) is 0 Å². The summed E-state index contributed by atoms with van der Waals surface area (Å²) in [6, 6.07) is 0.401. The molecule has 0 aromatic carbocycles. The quantitative estimate of drug-likeness (QED) is 0.818. The van der Waals surface area contributed by atoms with Crippen molar-refractivity contribution in [1.82, 2.24) is 9.80 Å². The molecule has 0 aromatic heterocycles. The second-order valence-corrected chi connectivity index (χ2v) is 5.92. The zero-order valence-corrected chi connectivity index (χ0v) is 11.8. The highest BCUT2D eigenvalue weighted by Crippen LogP contribution is 2.29. The van der Waals surface area contributed by atoms with Crippen molar-refractivity contribution < 1.29 is 4.79 Å². The standard InChI is InChI=1S/C14H27N3O/c1-3-5-12(15)14(18)17-9-7-13-11(10-17)6-4-8-16(13)2/h11-13H,3-10,15H2,1-2H3. The van der Waals surface area contributed by atoms with Crippen LogP contribution in [0.5, 0.6) is 0 Å². The number of rotatable bonds is 3. The molecule has 4 heteroatoms. The van der Waals surface area contributed by atoms with Gasteiger partial charge >= 0.3 is 0 Å². The summed E-state index contributed by atoms with van der Waals surface area (Å²) in [5, 5.41) is 0. The van der Waals surface area contributed by atoms with Crippen molar-refractivity contribution in [3.05, 3.63) is 0 Å². The van der Waals surface area contributed by atoms with Gasteiger partial charge < -0.3 is 15.5 Å². The van der Waals surface area contributed by atoms with Gasteiger partial charge in [-0.2, -0.15) is 0 Å². The number of hydrogen-bond donors (Lipinski definition) is 1. The number of likely N-dealkylation sites (tertiary alicyclic amines) is 2. The normalized spacial score (nSPS) is 30.9. The molecule has 3 unspecified atom stereocenters. The zero-order chi connectivity index (χ0) is 13.1. The van der Waals surface area contributed by atoms with E-state index >= 15 is 0 Å². The van der Waals surface area contributed by atoms with Crippen LogP contribution in [0.2, 0.25) is 0 Å². The van der Waals surface area contributed by atoms with E-state index in [0.29, 0.717) is 12.0 Å². The predicted octanol–water partition coefficient (Wildman–Crippen LogP) is 1.06. The van der Waals surface area contributed by atoms with Crippen molar-refractivity contribution >= 4 is 5.91 Å². The molecule has 1 amide bonds. The van der Waals surface area contributed by atoms with Gasteiger partial charge in [0.05, 0.1) is 6.04 Å². The van der Waals surface area contributed by atoms with Crippen LogP contribution in [0, 0.1) is 5.92 Å². The first kappa shape index (κ1) is 13.8. The predicted molar refractivity (Wildman–Crippen MR) is 73.2 cm³/mol. The first-order valence-electron chi connectivity index (χ1n) is 7.38. The van der Waals surface area contributed by atoms with Crippen molar-refractivity contribution in [3.63, 3.8) is 0 Å². The Labute approximate surface area is 110 Å². The topological polar surface area (TPSA) is 49.6 Å². The Hall–Kier alpha value is -0.610. The molecule has 2 aliphatic heterocycles. The van der Waals surface area contributed by atoms with Gasteiger partial charge in [0.15, 0.2) is 0 Å². The minimum absolute atomic E-state index is 0.170. The molecule has 2 fully saturated rings. The van der Waals surface area contributed by atoms with E-state index in [4.69, 9.17) is 5.73 Å². The lowest BCUT2D eigenvalue weighted by molar-refractivity contribution is -0.136. The molecule has 2 N–H and O–H groups in total. The van der Waals surface area contributed by atoms with Gasteiger partial charge in [-0.1, -0.05) is 13.3 Å². The van der Waals surface area contributed by atoms with Crippen LogP contribution in [-0.2, 0) is 4.79 Å². The third kappa shape index (κ3) is 2.86. The number of carbonyl (C=O) groups is 1. The summed E-state index contributed by atoms with van der Waals surface area (Å²) in [4.78, 5) is 16.7. The third-order valence-electron chi connectivity index (χ3n) is 4.57. The van der Waals surface area contributed by atoms with Crippen molar-refractivity contribution in [1.29, 1.82) is 0 Å². The molecular formula is C14H27N3O. The Morgan fingerprint density at radius 3 is 2.89 bits per heavy atom. The Morgan fingerprint density at radius 1 is 1.39 bits per heavy atom. The smallest absolute Gasteiger partial charge is 0.239 e. The molecule has 2 heterocycles. The highest BCUT2D eigenvalue weighted by Gasteiger charge is 2.36. The Bertz CT molecular complexity index is 295. The maximum atomic E-state index is 12.2. The number of nitrogens with zero attached hydrogens (tertiary/aromatic N) is 2. The van der Waals surface area contributed by atoms with Gasteiger partial charge in [0.25, 0.3) is 0 Å². The second-order valence-electron chi connectivity index (χ2n) is 5.92. The lowest BCUT2D eigenvalue weighted by Gasteiger charge is -2.46. The van der Waals surface area contributed by atoms with E-state index < -0.39 is 0 Å². The third-order valence-corrected chi connectivity index (χ3v) is 4.57. The van der Waals surface area contributed by atoms with Crippen LogP contribution in [0.15, 0.2) is 0 Å². The Kier molecular flexibility index (Phi) is 4.62. The van der Waals surface area contributed by atoms with Gasteiger partial charge in [-0.15, -0.1) is 0 Å². The fraction of sp³-hybridized carbons (Fsp3) is 0.929. The van der Waals surface area contributed by atoms with E-state index in [1.165, 1.54) is 19.4 Å². The SMILES string of the molecule is CCCC(N)C(=O)N1CCC2C(CCCN2C)C1. The molecule has 0 bridgehead atoms. The number of amides is 1. The van der Waals surface area contributed by atoms with E-state index in [0.717, 1.165) is 32.4 Å². The number of piperidine rings is 2. The van der Waals surface area contributed by atoms with Gasteiger partial charge in [-0.05, 0) is 45.2 Å². The molecule has 0 spiro atoms. The Morgan fingerprint density at radius 2 is 2.17 bits per heavy atom. The largest absolute Gasteiger partial charge is 0.341 e. The van der Waals surface area contributed by atoms with E-state index in [9.17, 15) is 4.79 Å². The average molecular weight is 253 g/mol. The van der Waals surface area contributed by atoms with Crippen molar-refractivity contribution in [2.24, 2.45) is 11.7 Å². The zero-order valence-electron chi connectivity index (χ0n) is 11.8. The first-order valence-corrected chi connectivity index (χ1v) is 7.38. The van der Waals surface area contributed by atoms with E-state index in [1.54, 1.807) is 0 Å². The monoisotopic (exact) mass is 253 g/mol. The van der Waals surface area contributed by atoms with E-state index in [2.05, 4.69) is 18.9 Å². The summed E-state index contributed by atoms with van der Waals surface area (Å²) in [7, 11) is 2.22. The van der Waals surface area contributed by atoms with Gasteiger partial charge in [-0.3, -0.25) is 4.79 Å².